The van der Waals surface area contributed by atoms with Crippen molar-refractivity contribution in [3.63, 3.8) is 0 Å². The van der Waals surface area contributed by atoms with E-state index in [-0.39, 0.29) is 24.1 Å². The van der Waals surface area contributed by atoms with Crippen LogP contribution < -0.4 is 21.3 Å². The molecule has 0 saturated heterocycles. The van der Waals surface area contributed by atoms with E-state index in [2.05, 4.69) is 21.3 Å². The van der Waals surface area contributed by atoms with E-state index >= 15 is 0 Å². The molecule has 3 aromatic rings. The molecule has 138 valence electrons. The predicted molar refractivity (Wildman–Crippen MR) is 107 cm³/mol. The number of anilines is 2. The van der Waals surface area contributed by atoms with Crippen molar-refractivity contribution in [2.75, 3.05) is 10.6 Å². The number of carbonyl (C=O) groups is 2. The molecule has 2 unspecified atom stereocenters. The highest BCUT2D eigenvalue weighted by Crippen LogP contribution is 2.29. The first kappa shape index (κ1) is 16.4. The van der Waals surface area contributed by atoms with Gasteiger partial charge in [0.1, 0.15) is 12.3 Å². The molecule has 0 aliphatic carbocycles. The number of para-hydroxylation sites is 2. The quantitative estimate of drug-likeness (QED) is 0.557. The van der Waals surface area contributed by atoms with Gasteiger partial charge in [0.15, 0.2) is 0 Å². The maximum absolute atomic E-state index is 12.3. The summed E-state index contributed by atoms with van der Waals surface area (Å²) in [5.74, 6) is -0.192. The Balaban J connectivity index is 1.37. The van der Waals surface area contributed by atoms with E-state index in [1.807, 2.05) is 60.7 Å². The molecule has 4 N–H and O–H groups in total. The van der Waals surface area contributed by atoms with Crippen LogP contribution >= 0.6 is 0 Å². The second-order valence-electron chi connectivity index (χ2n) is 6.86. The van der Waals surface area contributed by atoms with Crippen LogP contribution in [0, 0.1) is 0 Å². The number of rotatable bonds is 2. The molecular weight excluding hydrogens is 352 g/mol. The van der Waals surface area contributed by atoms with Gasteiger partial charge in [0.2, 0.25) is 0 Å². The lowest BCUT2D eigenvalue weighted by Crippen LogP contribution is -2.39. The summed E-state index contributed by atoms with van der Waals surface area (Å²) in [6.07, 6.45) is -0.600. The highest BCUT2D eigenvalue weighted by Gasteiger charge is 2.26. The van der Waals surface area contributed by atoms with Crippen LogP contribution in [0.1, 0.15) is 44.2 Å². The number of benzene rings is 3. The molecule has 0 spiro atoms. The number of hydrogen-bond donors (Lipinski definition) is 4. The minimum Gasteiger partial charge on any atom is -0.361 e. The van der Waals surface area contributed by atoms with Crippen molar-refractivity contribution in [3.8, 4) is 0 Å². The Morgan fingerprint density at radius 3 is 1.32 bits per heavy atom. The van der Waals surface area contributed by atoms with Crippen molar-refractivity contribution in [2.45, 2.75) is 12.3 Å². The summed E-state index contributed by atoms with van der Waals surface area (Å²) in [7, 11) is 0. The van der Waals surface area contributed by atoms with E-state index in [1.54, 1.807) is 12.1 Å². The number of carbonyl (C=O) groups excluding carboxylic acids is 2. The summed E-state index contributed by atoms with van der Waals surface area (Å²) >= 11 is 0. The number of nitrogens with one attached hydrogen (secondary N) is 4. The number of fused-ring (bicyclic) bond motifs is 2. The predicted octanol–water partition coefficient (Wildman–Crippen LogP) is 3.39. The fourth-order valence-corrected chi connectivity index (χ4v) is 3.63. The van der Waals surface area contributed by atoms with Gasteiger partial charge < -0.3 is 21.3 Å². The molecule has 0 saturated carbocycles. The lowest BCUT2D eigenvalue weighted by Gasteiger charge is -2.30. The summed E-state index contributed by atoms with van der Waals surface area (Å²) in [5, 5.41) is 12.6. The normalized spacial score (nSPS) is 20.0. The molecule has 2 amide bonds. The van der Waals surface area contributed by atoms with E-state index in [4.69, 9.17) is 0 Å². The van der Waals surface area contributed by atoms with E-state index in [0.29, 0.717) is 11.1 Å². The molecule has 28 heavy (non-hydrogen) atoms. The summed E-state index contributed by atoms with van der Waals surface area (Å²) in [6.45, 7) is 0. The molecular formula is C22H18N4O2. The molecule has 6 nitrogen and oxygen atoms in total. The zero-order valence-corrected chi connectivity index (χ0v) is 14.9. The SMILES string of the molecule is O=C1NC(c2ccc(C3NC(=O)c4ccccc4N3)cc2)Nc2ccccc21. The van der Waals surface area contributed by atoms with Crippen LogP contribution in [-0.4, -0.2) is 11.8 Å². The Morgan fingerprint density at radius 1 is 0.500 bits per heavy atom. The van der Waals surface area contributed by atoms with Gasteiger partial charge in [-0.1, -0.05) is 48.5 Å². The van der Waals surface area contributed by atoms with E-state index in [0.717, 1.165) is 22.5 Å². The maximum Gasteiger partial charge on any atom is 0.255 e. The van der Waals surface area contributed by atoms with Gasteiger partial charge in [-0.3, -0.25) is 9.59 Å². The summed E-state index contributed by atoms with van der Waals surface area (Å²) in [6, 6.07) is 22.7. The monoisotopic (exact) mass is 370 g/mol. The summed E-state index contributed by atoms with van der Waals surface area (Å²) < 4.78 is 0. The zero-order valence-electron chi connectivity index (χ0n) is 14.9. The Bertz CT molecular complexity index is 991. The molecule has 5 rings (SSSR count). The van der Waals surface area contributed by atoms with Gasteiger partial charge in [-0.2, -0.15) is 0 Å². The molecule has 6 heteroatoms. The van der Waals surface area contributed by atoms with Crippen LogP contribution in [0.3, 0.4) is 0 Å². The second kappa shape index (κ2) is 6.42. The molecule has 2 heterocycles. The third-order valence-corrected chi connectivity index (χ3v) is 5.10. The lowest BCUT2D eigenvalue weighted by atomic mass is 10.0. The number of amides is 2. The minimum atomic E-state index is -0.300. The van der Waals surface area contributed by atoms with Gasteiger partial charge in [-0.25, -0.2) is 0 Å². The van der Waals surface area contributed by atoms with Crippen LogP contribution in [0.25, 0.3) is 0 Å². The third kappa shape index (κ3) is 2.75. The second-order valence-corrected chi connectivity index (χ2v) is 6.86. The largest absolute Gasteiger partial charge is 0.361 e. The molecule has 2 atom stereocenters. The van der Waals surface area contributed by atoms with Crippen molar-refractivity contribution in [2.24, 2.45) is 0 Å². The summed E-state index contributed by atoms with van der Waals surface area (Å²) in [5.41, 5.74) is 4.80. The highest BCUT2D eigenvalue weighted by atomic mass is 16.2. The zero-order chi connectivity index (χ0) is 19.1. The molecule has 0 radical (unpaired) electrons. The Hall–Kier alpha value is -3.80. The molecule has 0 fully saturated rings. The van der Waals surface area contributed by atoms with Gasteiger partial charge in [0.25, 0.3) is 11.8 Å². The van der Waals surface area contributed by atoms with Crippen molar-refractivity contribution in [1.29, 1.82) is 0 Å². The van der Waals surface area contributed by atoms with E-state index in [9.17, 15) is 9.59 Å². The average molecular weight is 370 g/mol. The molecule has 3 aromatic carbocycles. The van der Waals surface area contributed by atoms with Crippen LogP contribution in [0.5, 0.6) is 0 Å². The molecule has 0 bridgehead atoms. The van der Waals surface area contributed by atoms with Crippen molar-refractivity contribution < 1.29 is 9.59 Å². The van der Waals surface area contributed by atoms with E-state index in [1.165, 1.54) is 0 Å². The van der Waals surface area contributed by atoms with Crippen LogP contribution in [0.4, 0.5) is 11.4 Å². The Labute approximate surface area is 162 Å². The fraction of sp³-hybridized carbons (Fsp3) is 0.0909. The summed E-state index contributed by atoms with van der Waals surface area (Å²) in [4.78, 5) is 24.7. The topological polar surface area (TPSA) is 82.3 Å². The maximum atomic E-state index is 12.3. The Kier molecular flexibility index (Phi) is 3.76. The van der Waals surface area contributed by atoms with Crippen molar-refractivity contribution >= 4 is 23.2 Å². The van der Waals surface area contributed by atoms with Gasteiger partial charge in [-0.15, -0.1) is 0 Å². The van der Waals surface area contributed by atoms with Gasteiger partial charge in [-0.05, 0) is 35.4 Å². The molecule has 2 aliphatic heterocycles. The standard InChI is InChI=1S/C22H18N4O2/c27-21-15-5-1-3-7-17(15)23-19(25-21)13-9-11-14(12-10-13)20-24-18-8-4-2-6-16(18)22(28)26-20/h1-12,19-20,23-24H,(H,25,27)(H,26,28). The third-order valence-electron chi connectivity index (χ3n) is 5.10. The van der Waals surface area contributed by atoms with Crippen molar-refractivity contribution in [1.82, 2.24) is 10.6 Å². The van der Waals surface area contributed by atoms with Gasteiger partial charge in [0.05, 0.1) is 11.1 Å². The van der Waals surface area contributed by atoms with E-state index < -0.39 is 0 Å². The highest BCUT2D eigenvalue weighted by molar-refractivity contribution is 6.02. The first-order chi connectivity index (χ1) is 13.7. The number of hydrogen-bond acceptors (Lipinski definition) is 4. The van der Waals surface area contributed by atoms with Gasteiger partial charge in [0, 0.05) is 11.4 Å². The lowest BCUT2D eigenvalue weighted by molar-refractivity contribution is 0.0926. The smallest absolute Gasteiger partial charge is 0.255 e. The van der Waals surface area contributed by atoms with Crippen LogP contribution in [0.2, 0.25) is 0 Å². The van der Waals surface area contributed by atoms with Crippen LogP contribution in [0.15, 0.2) is 72.8 Å². The van der Waals surface area contributed by atoms with Gasteiger partial charge >= 0.3 is 0 Å². The fourth-order valence-electron chi connectivity index (χ4n) is 3.63. The van der Waals surface area contributed by atoms with Crippen LogP contribution in [-0.2, 0) is 0 Å². The average Bonchev–Trinajstić information content (AvgIpc) is 2.74. The first-order valence-electron chi connectivity index (χ1n) is 9.12. The molecule has 0 aromatic heterocycles. The van der Waals surface area contributed by atoms with Crippen molar-refractivity contribution in [3.05, 3.63) is 95.1 Å². The minimum absolute atomic E-state index is 0.0961. The molecule has 2 aliphatic rings. The first-order valence-corrected chi connectivity index (χ1v) is 9.12. The Morgan fingerprint density at radius 2 is 0.893 bits per heavy atom.